The Kier molecular flexibility index (Phi) is 3.36. The predicted octanol–water partition coefficient (Wildman–Crippen LogP) is 3.29. The van der Waals surface area contributed by atoms with Crippen molar-refractivity contribution in [3.05, 3.63) is 41.7 Å². The quantitative estimate of drug-likeness (QED) is 0.901. The molecule has 0 aliphatic carbocycles. The Morgan fingerprint density at radius 3 is 2.72 bits per heavy atom. The van der Waals surface area contributed by atoms with Crippen LogP contribution in [0.15, 0.2) is 29.0 Å². The minimum atomic E-state index is -0.0468. The van der Waals surface area contributed by atoms with E-state index in [2.05, 4.69) is 36.1 Å². The summed E-state index contributed by atoms with van der Waals surface area (Å²) in [4.78, 5) is 8.96. The molecule has 0 saturated carbocycles. The van der Waals surface area contributed by atoms with Gasteiger partial charge >= 0.3 is 0 Å². The zero-order chi connectivity index (χ0) is 13.2. The first-order chi connectivity index (χ1) is 8.47. The zero-order valence-corrected chi connectivity index (χ0v) is 11.3. The van der Waals surface area contributed by atoms with Gasteiger partial charge in [0.25, 0.3) is 0 Å². The van der Waals surface area contributed by atoms with Crippen molar-refractivity contribution in [1.29, 1.82) is 0 Å². The van der Waals surface area contributed by atoms with Gasteiger partial charge in [-0.3, -0.25) is 0 Å². The van der Waals surface area contributed by atoms with E-state index in [4.69, 9.17) is 4.42 Å². The van der Waals surface area contributed by atoms with Gasteiger partial charge in [-0.1, -0.05) is 20.8 Å². The fourth-order valence-corrected chi connectivity index (χ4v) is 1.57. The summed E-state index contributed by atoms with van der Waals surface area (Å²) in [7, 11) is 0. The van der Waals surface area contributed by atoms with Crippen molar-refractivity contribution in [2.75, 3.05) is 5.32 Å². The number of aromatic nitrogens is 2. The fraction of sp³-hybridized carbons (Fsp3) is 0.429. The monoisotopic (exact) mass is 245 g/mol. The molecule has 0 aliphatic heterocycles. The molecule has 2 rings (SSSR count). The normalized spacial score (nSPS) is 11.6. The lowest BCUT2D eigenvalue weighted by molar-refractivity contribution is 0.517. The lowest BCUT2D eigenvalue weighted by Crippen LogP contribution is -2.17. The molecule has 2 aromatic rings. The Morgan fingerprint density at radius 1 is 1.33 bits per heavy atom. The summed E-state index contributed by atoms with van der Waals surface area (Å²) >= 11 is 0. The number of nitrogens with zero attached hydrogens (tertiary/aromatic N) is 2. The number of nitrogens with one attached hydrogen (secondary N) is 1. The van der Waals surface area contributed by atoms with Crippen LogP contribution in [-0.2, 0) is 12.0 Å². The predicted molar refractivity (Wildman–Crippen MR) is 71.5 cm³/mol. The molecule has 0 aliphatic rings. The average molecular weight is 245 g/mol. The molecule has 0 fully saturated rings. The van der Waals surface area contributed by atoms with E-state index < -0.39 is 0 Å². The fourth-order valence-electron chi connectivity index (χ4n) is 1.57. The molecule has 0 amide bonds. The number of hydrogen-bond donors (Lipinski definition) is 1. The van der Waals surface area contributed by atoms with Gasteiger partial charge in [0.05, 0.1) is 12.8 Å². The van der Waals surface area contributed by atoms with Crippen molar-refractivity contribution in [2.45, 2.75) is 39.7 Å². The van der Waals surface area contributed by atoms with Gasteiger partial charge in [-0.25, -0.2) is 9.97 Å². The highest BCUT2D eigenvalue weighted by Crippen LogP contribution is 2.21. The summed E-state index contributed by atoms with van der Waals surface area (Å²) in [6.07, 6.45) is 3.53. The third kappa shape index (κ3) is 2.88. The summed E-state index contributed by atoms with van der Waals surface area (Å²) < 4.78 is 5.29. The topological polar surface area (TPSA) is 51.0 Å². The van der Waals surface area contributed by atoms with Gasteiger partial charge in [0.2, 0.25) is 0 Å². The van der Waals surface area contributed by atoms with Crippen LogP contribution in [-0.4, -0.2) is 9.97 Å². The molecule has 0 bridgehead atoms. The summed E-state index contributed by atoms with van der Waals surface area (Å²) in [6, 6.07) is 3.82. The first-order valence-electron chi connectivity index (χ1n) is 6.07. The smallest absolute Gasteiger partial charge is 0.135 e. The average Bonchev–Trinajstić information content (AvgIpc) is 2.79. The van der Waals surface area contributed by atoms with Crippen LogP contribution in [0.5, 0.6) is 0 Å². The van der Waals surface area contributed by atoms with Crippen LogP contribution < -0.4 is 5.32 Å². The van der Waals surface area contributed by atoms with E-state index in [0.717, 1.165) is 23.0 Å². The SMILES string of the molecule is Cc1cnc(C(C)(C)C)nc1NCc1ccco1. The molecule has 4 nitrogen and oxygen atoms in total. The van der Waals surface area contributed by atoms with Crippen molar-refractivity contribution >= 4 is 5.82 Å². The molecule has 2 heterocycles. The molecular formula is C14H19N3O. The lowest BCUT2D eigenvalue weighted by atomic mass is 9.95. The molecule has 1 N–H and O–H groups in total. The third-order valence-corrected chi connectivity index (χ3v) is 2.65. The molecule has 0 unspecified atom stereocenters. The number of hydrogen-bond acceptors (Lipinski definition) is 4. The second-order valence-electron chi connectivity index (χ2n) is 5.41. The van der Waals surface area contributed by atoms with Crippen LogP contribution in [0.4, 0.5) is 5.82 Å². The van der Waals surface area contributed by atoms with E-state index in [1.165, 1.54) is 0 Å². The van der Waals surface area contributed by atoms with Crippen LogP contribution >= 0.6 is 0 Å². The molecule has 2 aromatic heterocycles. The van der Waals surface area contributed by atoms with Gasteiger partial charge in [-0.2, -0.15) is 0 Å². The number of aryl methyl sites for hydroxylation is 1. The van der Waals surface area contributed by atoms with Crippen LogP contribution in [0.1, 0.15) is 37.9 Å². The first kappa shape index (κ1) is 12.6. The Bertz CT molecular complexity index is 512. The molecular weight excluding hydrogens is 226 g/mol. The molecule has 0 aromatic carbocycles. The van der Waals surface area contributed by atoms with Crippen LogP contribution in [0.3, 0.4) is 0 Å². The molecule has 0 spiro atoms. The van der Waals surface area contributed by atoms with Crippen LogP contribution in [0, 0.1) is 6.92 Å². The maximum Gasteiger partial charge on any atom is 0.135 e. The number of rotatable bonds is 3. The Hall–Kier alpha value is -1.84. The number of anilines is 1. The highest BCUT2D eigenvalue weighted by molar-refractivity contribution is 5.42. The Balaban J connectivity index is 2.16. The minimum absolute atomic E-state index is 0.0468. The second-order valence-corrected chi connectivity index (χ2v) is 5.41. The highest BCUT2D eigenvalue weighted by Gasteiger charge is 2.18. The van der Waals surface area contributed by atoms with Crippen LogP contribution in [0.25, 0.3) is 0 Å². The van der Waals surface area contributed by atoms with Crippen molar-refractivity contribution in [3.63, 3.8) is 0 Å². The minimum Gasteiger partial charge on any atom is -0.467 e. The van der Waals surface area contributed by atoms with Gasteiger partial charge in [-0.05, 0) is 19.1 Å². The highest BCUT2D eigenvalue weighted by atomic mass is 16.3. The molecule has 0 atom stereocenters. The van der Waals surface area contributed by atoms with Gasteiger partial charge in [0, 0.05) is 17.2 Å². The summed E-state index contributed by atoms with van der Waals surface area (Å²) in [6.45, 7) is 8.95. The number of furan rings is 1. The van der Waals surface area contributed by atoms with Gasteiger partial charge < -0.3 is 9.73 Å². The van der Waals surface area contributed by atoms with E-state index in [1.807, 2.05) is 25.3 Å². The molecule has 18 heavy (non-hydrogen) atoms. The molecule has 96 valence electrons. The van der Waals surface area contributed by atoms with Crippen molar-refractivity contribution in [2.24, 2.45) is 0 Å². The Labute approximate surface area is 107 Å². The Morgan fingerprint density at radius 2 is 2.11 bits per heavy atom. The molecule has 4 heteroatoms. The van der Waals surface area contributed by atoms with Gasteiger partial charge in [0.15, 0.2) is 0 Å². The molecule has 0 saturated heterocycles. The van der Waals surface area contributed by atoms with Crippen molar-refractivity contribution in [3.8, 4) is 0 Å². The van der Waals surface area contributed by atoms with Crippen LogP contribution in [0.2, 0.25) is 0 Å². The summed E-state index contributed by atoms with van der Waals surface area (Å²) in [5.41, 5.74) is 0.990. The van der Waals surface area contributed by atoms with E-state index >= 15 is 0 Å². The van der Waals surface area contributed by atoms with E-state index in [1.54, 1.807) is 6.26 Å². The maximum absolute atomic E-state index is 5.29. The summed E-state index contributed by atoms with van der Waals surface area (Å²) in [5, 5.41) is 3.28. The van der Waals surface area contributed by atoms with Crippen molar-refractivity contribution < 1.29 is 4.42 Å². The maximum atomic E-state index is 5.29. The van der Waals surface area contributed by atoms with Gasteiger partial charge in [0.1, 0.15) is 17.4 Å². The van der Waals surface area contributed by atoms with E-state index in [9.17, 15) is 0 Å². The zero-order valence-electron chi connectivity index (χ0n) is 11.3. The van der Waals surface area contributed by atoms with E-state index in [0.29, 0.717) is 6.54 Å². The van der Waals surface area contributed by atoms with Gasteiger partial charge in [-0.15, -0.1) is 0 Å². The molecule has 0 radical (unpaired) electrons. The standard InChI is InChI=1S/C14H19N3O/c1-10-8-16-13(14(2,3)4)17-12(10)15-9-11-6-5-7-18-11/h5-8H,9H2,1-4H3,(H,15,16,17). The lowest BCUT2D eigenvalue weighted by Gasteiger charge is -2.18. The van der Waals surface area contributed by atoms with E-state index in [-0.39, 0.29) is 5.41 Å². The second kappa shape index (κ2) is 4.80. The largest absolute Gasteiger partial charge is 0.467 e. The van der Waals surface area contributed by atoms with Crippen molar-refractivity contribution in [1.82, 2.24) is 9.97 Å². The third-order valence-electron chi connectivity index (χ3n) is 2.65. The summed E-state index contributed by atoms with van der Waals surface area (Å²) in [5.74, 6) is 2.60. The first-order valence-corrected chi connectivity index (χ1v) is 6.07.